The Labute approximate surface area is 95.1 Å². The van der Waals surface area contributed by atoms with Crippen molar-refractivity contribution in [2.24, 2.45) is 0 Å². The van der Waals surface area contributed by atoms with Crippen molar-refractivity contribution in [3.05, 3.63) is 24.1 Å². The van der Waals surface area contributed by atoms with Gasteiger partial charge in [-0.15, -0.1) is 11.8 Å². The van der Waals surface area contributed by atoms with Crippen molar-refractivity contribution in [3.8, 4) is 0 Å². The highest BCUT2D eigenvalue weighted by Crippen LogP contribution is 2.24. The third-order valence-corrected chi connectivity index (χ3v) is 2.80. The number of thioether (sulfide) groups is 1. The summed E-state index contributed by atoms with van der Waals surface area (Å²) in [4.78, 5) is 15.5. The number of hydrogen-bond donors (Lipinski definition) is 2. The maximum absolute atomic E-state index is 10.5. The average Bonchev–Trinajstić information content (AvgIpc) is 2.69. The summed E-state index contributed by atoms with van der Waals surface area (Å²) in [6, 6.07) is 5.32. The molecule has 0 saturated carbocycles. The van der Waals surface area contributed by atoms with Crippen molar-refractivity contribution < 1.29 is 19.4 Å². The summed E-state index contributed by atoms with van der Waals surface area (Å²) >= 11 is 1.55. The minimum Gasteiger partial charge on any atom is -0.479 e. The van der Waals surface area contributed by atoms with Gasteiger partial charge in [-0.2, -0.15) is 0 Å². The molecule has 6 heteroatoms. The standard InChI is InChI=1S/C10H9NO4S/c1-16-5-2-3-7-6(4-5)11-9(15-7)8(12)10(13)14/h2-4,8,12H,1H3,(H,13,14). The van der Waals surface area contributed by atoms with E-state index in [9.17, 15) is 9.90 Å². The highest BCUT2D eigenvalue weighted by atomic mass is 32.2. The Balaban J connectivity index is 2.47. The minimum absolute atomic E-state index is 0.194. The zero-order chi connectivity index (χ0) is 11.7. The molecule has 1 atom stereocenters. The Morgan fingerprint density at radius 2 is 2.31 bits per heavy atom. The second-order valence-electron chi connectivity index (χ2n) is 3.13. The van der Waals surface area contributed by atoms with Gasteiger partial charge >= 0.3 is 5.97 Å². The van der Waals surface area contributed by atoms with E-state index in [1.807, 2.05) is 12.3 Å². The van der Waals surface area contributed by atoms with Gasteiger partial charge in [-0.1, -0.05) is 0 Å². The smallest absolute Gasteiger partial charge is 0.342 e. The fourth-order valence-electron chi connectivity index (χ4n) is 1.27. The molecule has 2 aromatic rings. The topological polar surface area (TPSA) is 83.6 Å². The molecule has 1 aromatic carbocycles. The molecule has 0 radical (unpaired) electrons. The second-order valence-corrected chi connectivity index (χ2v) is 4.01. The van der Waals surface area contributed by atoms with Crippen molar-refractivity contribution in [1.82, 2.24) is 4.98 Å². The number of carboxylic acids is 1. The summed E-state index contributed by atoms with van der Waals surface area (Å²) in [6.45, 7) is 0. The fourth-order valence-corrected chi connectivity index (χ4v) is 1.71. The van der Waals surface area contributed by atoms with Crippen LogP contribution in [-0.2, 0) is 4.79 Å². The normalized spacial score (nSPS) is 12.9. The summed E-state index contributed by atoms with van der Waals surface area (Å²) in [5.74, 6) is -1.57. The summed E-state index contributed by atoms with van der Waals surface area (Å²) in [5.41, 5.74) is 1.01. The van der Waals surface area contributed by atoms with E-state index in [4.69, 9.17) is 9.52 Å². The van der Waals surface area contributed by atoms with Crippen LogP contribution < -0.4 is 0 Å². The molecule has 1 heterocycles. The van der Waals surface area contributed by atoms with E-state index in [1.54, 1.807) is 23.9 Å². The largest absolute Gasteiger partial charge is 0.479 e. The van der Waals surface area contributed by atoms with E-state index in [0.717, 1.165) is 4.90 Å². The molecule has 0 amide bonds. The molecular formula is C10H9NO4S. The molecule has 0 saturated heterocycles. The number of oxazole rings is 1. The predicted molar refractivity (Wildman–Crippen MR) is 58.4 cm³/mol. The number of rotatable bonds is 3. The molecule has 2 N–H and O–H groups in total. The van der Waals surface area contributed by atoms with Crippen molar-refractivity contribution in [2.75, 3.05) is 6.26 Å². The maximum atomic E-state index is 10.5. The first-order valence-electron chi connectivity index (χ1n) is 4.47. The molecule has 0 aliphatic rings. The van der Waals surface area contributed by atoms with Crippen LogP contribution >= 0.6 is 11.8 Å². The number of fused-ring (bicyclic) bond motifs is 1. The predicted octanol–water partition coefficient (Wildman–Crippen LogP) is 1.67. The third kappa shape index (κ3) is 1.89. The molecule has 16 heavy (non-hydrogen) atoms. The van der Waals surface area contributed by atoms with Gasteiger partial charge in [0.05, 0.1) is 0 Å². The molecule has 0 spiro atoms. The first kappa shape index (κ1) is 11.0. The molecule has 2 rings (SSSR count). The molecule has 0 bridgehead atoms. The lowest BCUT2D eigenvalue weighted by Crippen LogP contribution is -2.10. The van der Waals surface area contributed by atoms with E-state index in [2.05, 4.69) is 4.98 Å². The zero-order valence-electron chi connectivity index (χ0n) is 8.38. The van der Waals surface area contributed by atoms with Gasteiger partial charge in [0.2, 0.25) is 12.0 Å². The van der Waals surface area contributed by atoms with E-state index in [1.165, 1.54) is 0 Å². The number of carbonyl (C=O) groups is 1. The van der Waals surface area contributed by atoms with E-state index >= 15 is 0 Å². The lowest BCUT2D eigenvalue weighted by Gasteiger charge is -1.96. The van der Waals surface area contributed by atoms with Crippen LogP contribution in [0.5, 0.6) is 0 Å². The summed E-state index contributed by atoms with van der Waals surface area (Å²) < 4.78 is 5.14. The first-order chi connectivity index (χ1) is 7.61. The van der Waals surface area contributed by atoms with Gasteiger partial charge in [-0.3, -0.25) is 0 Å². The Kier molecular flexibility index (Phi) is 2.84. The van der Waals surface area contributed by atoms with Crippen LogP contribution in [0, 0.1) is 0 Å². The third-order valence-electron chi connectivity index (χ3n) is 2.08. The van der Waals surface area contributed by atoms with Gasteiger partial charge in [0.1, 0.15) is 5.52 Å². The Morgan fingerprint density at radius 1 is 1.56 bits per heavy atom. The molecule has 5 nitrogen and oxygen atoms in total. The van der Waals surface area contributed by atoms with Gasteiger partial charge in [0.25, 0.3) is 0 Å². The number of aliphatic hydroxyl groups excluding tert-OH is 1. The maximum Gasteiger partial charge on any atom is 0.342 e. The molecule has 0 aliphatic heterocycles. The molecule has 1 unspecified atom stereocenters. The van der Waals surface area contributed by atoms with Gasteiger partial charge in [-0.25, -0.2) is 9.78 Å². The first-order valence-corrected chi connectivity index (χ1v) is 5.69. The second kappa shape index (κ2) is 4.15. The summed E-state index contributed by atoms with van der Waals surface area (Å²) in [5, 5.41) is 17.9. The van der Waals surface area contributed by atoms with E-state index in [0.29, 0.717) is 11.1 Å². The van der Waals surface area contributed by atoms with Gasteiger partial charge in [-0.05, 0) is 24.5 Å². The Hall–Kier alpha value is -1.53. The van der Waals surface area contributed by atoms with Crippen molar-refractivity contribution >= 4 is 28.8 Å². The van der Waals surface area contributed by atoms with Crippen molar-refractivity contribution in [1.29, 1.82) is 0 Å². The van der Waals surface area contributed by atoms with Crippen molar-refractivity contribution in [2.45, 2.75) is 11.0 Å². The quantitative estimate of drug-likeness (QED) is 0.792. The number of aliphatic hydroxyl groups is 1. The van der Waals surface area contributed by atoms with Crippen LogP contribution in [0.2, 0.25) is 0 Å². The van der Waals surface area contributed by atoms with Gasteiger partial charge in [0, 0.05) is 4.90 Å². The molecule has 84 valence electrons. The lowest BCUT2D eigenvalue weighted by molar-refractivity contribution is -0.148. The summed E-state index contributed by atoms with van der Waals surface area (Å²) in [6.07, 6.45) is 0.207. The number of aliphatic carboxylic acids is 1. The highest BCUT2D eigenvalue weighted by molar-refractivity contribution is 7.98. The summed E-state index contributed by atoms with van der Waals surface area (Å²) in [7, 11) is 0. The number of nitrogens with zero attached hydrogens (tertiary/aromatic N) is 1. The van der Waals surface area contributed by atoms with Crippen LogP contribution in [-0.4, -0.2) is 27.4 Å². The van der Waals surface area contributed by atoms with Crippen LogP contribution in [0.3, 0.4) is 0 Å². The van der Waals surface area contributed by atoms with Gasteiger partial charge in [0.15, 0.2) is 5.58 Å². The Bertz CT molecular complexity index is 537. The molecule has 1 aromatic heterocycles. The molecular weight excluding hydrogens is 230 g/mol. The average molecular weight is 239 g/mol. The monoisotopic (exact) mass is 239 g/mol. The van der Waals surface area contributed by atoms with Gasteiger partial charge < -0.3 is 14.6 Å². The zero-order valence-corrected chi connectivity index (χ0v) is 9.19. The number of benzene rings is 1. The lowest BCUT2D eigenvalue weighted by atomic mass is 10.3. The SMILES string of the molecule is CSc1ccc2oc(C(O)C(=O)O)nc2c1. The van der Waals surface area contributed by atoms with Crippen LogP contribution in [0.4, 0.5) is 0 Å². The number of aromatic nitrogens is 1. The Morgan fingerprint density at radius 3 is 2.94 bits per heavy atom. The fraction of sp³-hybridized carbons (Fsp3) is 0.200. The van der Waals surface area contributed by atoms with E-state index < -0.39 is 12.1 Å². The van der Waals surface area contributed by atoms with Crippen LogP contribution in [0.15, 0.2) is 27.5 Å². The van der Waals surface area contributed by atoms with Crippen LogP contribution in [0.1, 0.15) is 12.0 Å². The molecule has 0 aliphatic carbocycles. The number of hydrogen-bond acceptors (Lipinski definition) is 5. The molecule has 0 fully saturated rings. The van der Waals surface area contributed by atoms with Crippen molar-refractivity contribution in [3.63, 3.8) is 0 Å². The highest BCUT2D eigenvalue weighted by Gasteiger charge is 2.22. The minimum atomic E-state index is -1.72. The van der Waals surface area contributed by atoms with E-state index in [-0.39, 0.29) is 5.89 Å². The van der Waals surface area contributed by atoms with Crippen LogP contribution in [0.25, 0.3) is 11.1 Å². The number of carboxylic acid groups (broad SMARTS) is 1.